The first-order valence-corrected chi connectivity index (χ1v) is 10.7. The normalized spacial score (nSPS) is 24.5. The molecule has 1 aliphatic carbocycles. The van der Waals surface area contributed by atoms with Gasteiger partial charge in [0.05, 0.1) is 11.4 Å². The zero-order valence-corrected chi connectivity index (χ0v) is 17.1. The van der Waals surface area contributed by atoms with E-state index in [4.69, 9.17) is 0 Å². The summed E-state index contributed by atoms with van der Waals surface area (Å²) in [5.74, 6) is -0.264. The quantitative estimate of drug-likeness (QED) is 0.574. The molecule has 0 atom stereocenters. The Balaban J connectivity index is 1.23. The highest BCUT2D eigenvalue weighted by Gasteiger charge is 2.48. The summed E-state index contributed by atoms with van der Waals surface area (Å²) in [4.78, 5) is 38.5. The van der Waals surface area contributed by atoms with Crippen LogP contribution in [0.3, 0.4) is 0 Å². The number of rotatable bonds is 3. The number of nitrogens with one attached hydrogen (secondary N) is 4. The highest BCUT2D eigenvalue weighted by molar-refractivity contribution is 6.07. The largest absolute Gasteiger partial charge is 0.339 e. The number of anilines is 3. The number of hydrogen-bond donors (Lipinski definition) is 4. The van der Waals surface area contributed by atoms with E-state index in [1.807, 2.05) is 30.3 Å². The van der Waals surface area contributed by atoms with Gasteiger partial charge in [-0.25, -0.2) is 9.59 Å². The van der Waals surface area contributed by atoms with Crippen LogP contribution in [0.2, 0.25) is 0 Å². The summed E-state index contributed by atoms with van der Waals surface area (Å²) in [6.07, 6.45) is 3.25. The van der Waals surface area contributed by atoms with Gasteiger partial charge in [-0.2, -0.15) is 0 Å². The molecule has 0 unspecified atom stereocenters. The van der Waals surface area contributed by atoms with Crippen molar-refractivity contribution in [2.75, 3.05) is 16.8 Å². The molecular formula is C23H25N5O3. The summed E-state index contributed by atoms with van der Waals surface area (Å²) in [6, 6.07) is 15.4. The van der Waals surface area contributed by atoms with Gasteiger partial charge in [0.2, 0.25) is 0 Å². The minimum Gasteiger partial charge on any atom is -0.339 e. The van der Waals surface area contributed by atoms with Crippen LogP contribution in [-0.2, 0) is 11.2 Å². The molecule has 3 aliphatic rings. The number of imide groups is 1. The first kappa shape index (κ1) is 19.4. The van der Waals surface area contributed by atoms with Gasteiger partial charge >= 0.3 is 12.1 Å². The Hall–Kier alpha value is -3.55. The van der Waals surface area contributed by atoms with Crippen molar-refractivity contribution in [3.8, 4) is 0 Å². The first-order valence-electron chi connectivity index (χ1n) is 10.7. The third-order valence-electron chi connectivity index (χ3n) is 6.52. The zero-order chi connectivity index (χ0) is 21.4. The van der Waals surface area contributed by atoms with Crippen LogP contribution in [0.1, 0.15) is 31.2 Å². The number of hydrogen-bond acceptors (Lipinski definition) is 4. The second kappa shape index (κ2) is 7.61. The van der Waals surface area contributed by atoms with E-state index in [1.165, 1.54) is 11.3 Å². The monoisotopic (exact) mass is 419 g/mol. The molecule has 1 spiro atoms. The SMILES string of the molecule is O=C(Nc1ccccc1N1CCc2ccccc21)NC1CCC2(CC1)NC(=O)NC2=O. The maximum Gasteiger partial charge on any atom is 0.322 e. The molecule has 1 saturated heterocycles. The van der Waals surface area contributed by atoms with Gasteiger partial charge in [0, 0.05) is 18.3 Å². The molecule has 0 bridgehead atoms. The number of urea groups is 2. The Morgan fingerprint density at radius 3 is 2.45 bits per heavy atom. The van der Waals surface area contributed by atoms with Crippen LogP contribution in [0, 0.1) is 0 Å². The van der Waals surface area contributed by atoms with E-state index < -0.39 is 11.6 Å². The van der Waals surface area contributed by atoms with E-state index in [-0.39, 0.29) is 18.0 Å². The molecule has 160 valence electrons. The Labute approximate surface area is 180 Å². The van der Waals surface area contributed by atoms with Gasteiger partial charge in [0.25, 0.3) is 5.91 Å². The van der Waals surface area contributed by atoms with Crippen molar-refractivity contribution in [3.05, 3.63) is 54.1 Å². The van der Waals surface area contributed by atoms with Crippen molar-refractivity contribution in [1.82, 2.24) is 16.0 Å². The van der Waals surface area contributed by atoms with Crippen molar-refractivity contribution in [2.24, 2.45) is 0 Å². The van der Waals surface area contributed by atoms with Crippen LogP contribution in [0.15, 0.2) is 48.5 Å². The summed E-state index contributed by atoms with van der Waals surface area (Å²) in [5.41, 5.74) is 3.39. The van der Waals surface area contributed by atoms with Crippen molar-refractivity contribution in [3.63, 3.8) is 0 Å². The number of para-hydroxylation sites is 3. The molecule has 4 N–H and O–H groups in total. The molecule has 0 radical (unpaired) electrons. The minimum absolute atomic E-state index is 0.0457. The predicted octanol–water partition coefficient (Wildman–Crippen LogP) is 3.02. The number of nitrogens with zero attached hydrogens (tertiary/aromatic N) is 1. The topological polar surface area (TPSA) is 103 Å². The van der Waals surface area contributed by atoms with Crippen LogP contribution >= 0.6 is 0 Å². The average molecular weight is 419 g/mol. The molecule has 2 aromatic carbocycles. The van der Waals surface area contributed by atoms with Crippen LogP contribution in [0.5, 0.6) is 0 Å². The lowest BCUT2D eigenvalue weighted by molar-refractivity contribution is -0.125. The summed E-state index contributed by atoms with van der Waals surface area (Å²) >= 11 is 0. The summed E-state index contributed by atoms with van der Waals surface area (Å²) in [5, 5.41) is 11.1. The predicted molar refractivity (Wildman–Crippen MR) is 117 cm³/mol. The fourth-order valence-corrected chi connectivity index (χ4v) is 4.88. The van der Waals surface area contributed by atoms with E-state index in [9.17, 15) is 14.4 Å². The lowest BCUT2D eigenvalue weighted by atomic mass is 9.79. The molecule has 0 aromatic heterocycles. The zero-order valence-electron chi connectivity index (χ0n) is 17.1. The Bertz CT molecular complexity index is 1050. The van der Waals surface area contributed by atoms with Gasteiger partial charge in [-0.05, 0) is 55.9 Å². The third kappa shape index (κ3) is 3.58. The maximum absolute atomic E-state index is 12.7. The van der Waals surface area contributed by atoms with Gasteiger partial charge in [-0.15, -0.1) is 0 Å². The molecule has 5 amide bonds. The van der Waals surface area contributed by atoms with Crippen LogP contribution in [0.25, 0.3) is 0 Å². The van der Waals surface area contributed by atoms with Crippen molar-refractivity contribution >= 4 is 35.0 Å². The van der Waals surface area contributed by atoms with Gasteiger partial charge in [0.15, 0.2) is 0 Å². The van der Waals surface area contributed by atoms with Crippen molar-refractivity contribution in [1.29, 1.82) is 0 Å². The molecule has 5 rings (SSSR count). The molecule has 31 heavy (non-hydrogen) atoms. The first-order chi connectivity index (χ1) is 15.0. The molecule has 8 nitrogen and oxygen atoms in total. The lowest BCUT2D eigenvalue weighted by Gasteiger charge is -2.34. The molecule has 2 heterocycles. The second-order valence-corrected chi connectivity index (χ2v) is 8.41. The van der Waals surface area contributed by atoms with E-state index in [1.54, 1.807) is 0 Å². The van der Waals surface area contributed by atoms with Crippen LogP contribution in [0.4, 0.5) is 26.7 Å². The fourth-order valence-electron chi connectivity index (χ4n) is 4.88. The Morgan fingerprint density at radius 1 is 1.00 bits per heavy atom. The van der Waals surface area contributed by atoms with Gasteiger partial charge < -0.3 is 20.9 Å². The average Bonchev–Trinajstić information content (AvgIpc) is 3.31. The van der Waals surface area contributed by atoms with Crippen molar-refractivity contribution < 1.29 is 14.4 Å². The van der Waals surface area contributed by atoms with Crippen LogP contribution in [-0.4, -0.2) is 36.1 Å². The van der Waals surface area contributed by atoms with E-state index in [2.05, 4.69) is 44.4 Å². The molecular weight excluding hydrogens is 394 g/mol. The Kier molecular flexibility index (Phi) is 4.77. The second-order valence-electron chi connectivity index (χ2n) is 8.41. The van der Waals surface area contributed by atoms with E-state index in [0.29, 0.717) is 25.7 Å². The highest BCUT2D eigenvalue weighted by Crippen LogP contribution is 2.38. The number of carbonyl (C=O) groups is 3. The van der Waals surface area contributed by atoms with Gasteiger partial charge in [-0.1, -0.05) is 30.3 Å². The van der Waals surface area contributed by atoms with E-state index in [0.717, 1.165) is 24.3 Å². The highest BCUT2D eigenvalue weighted by atomic mass is 16.2. The van der Waals surface area contributed by atoms with Gasteiger partial charge in [-0.3, -0.25) is 10.1 Å². The standard InChI is InChI=1S/C23H25N5O3/c29-20-23(27-22(31)26-20)12-9-16(10-13-23)24-21(30)25-17-6-2-4-8-19(17)28-14-11-15-5-1-3-7-18(15)28/h1-8,16H,9-14H2,(H2,24,25,30)(H2,26,27,29,31). The molecule has 1 saturated carbocycles. The number of carbonyl (C=O) groups excluding carboxylic acids is 3. The summed E-state index contributed by atoms with van der Waals surface area (Å²) in [7, 11) is 0. The number of benzene rings is 2. The lowest BCUT2D eigenvalue weighted by Crippen LogP contribution is -2.53. The molecule has 8 heteroatoms. The molecule has 2 fully saturated rings. The van der Waals surface area contributed by atoms with E-state index >= 15 is 0 Å². The molecule has 2 aromatic rings. The third-order valence-corrected chi connectivity index (χ3v) is 6.52. The maximum atomic E-state index is 12.7. The number of amides is 5. The van der Waals surface area contributed by atoms with Crippen LogP contribution < -0.4 is 26.2 Å². The van der Waals surface area contributed by atoms with Gasteiger partial charge in [0.1, 0.15) is 5.54 Å². The number of fused-ring (bicyclic) bond motifs is 1. The summed E-state index contributed by atoms with van der Waals surface area (Å²) < 4.78 is 0. The Morgan fingerprint density at radius 2 is 1.71 bits per heavy atom. The van der Waals surface area contributed by atoms with Crippen molar-refractivity contribution in [2.45, 2.75) is 43.7 Å². The fraction of sp³-hybridized carbons (Fsp3) is 0.348. The summed E-state index contributed by atoms with van der Waals surface area (Å²) in [6.45, 7) is 0.873. The minimum atomic E-state index is -0.818. The molecule has 2 aliphatic heterocycles. The smallest absolute Gasteiger partial charge is 0.322 e.